The van der Waals surface area contributed by atoms with E-state index in [4.69, 9.17) is 4.52 Å². The third kappa shape index (κ3) is 2.75. The fraction of sp³-hybridized carbons (Fsp3) is 0.667. The van der Waals surface area contributed by atoms with Gasteiger partial charge in [0, 0.05) is 37.4 Å². The lowest BCUT2D eigenvalue weighted by Crippen LogP contribution is -2.42. The van der Waals surface area contributed by atoms with Crippen molar-refractivity contribution in [1.29, 1.82) is 0 Å². The molecule has 2 atom stereocenters. The van der Waals surface area contributed by atoms with Crippen LogP contribution in [0.15, 0.2) is 4.52 Å². The third-order valence-corrected chi connectivity index (χ3v) is 5.71. The Kier molecular flexibility index (Phi) is 4.09. The minimum Gasteiger partial charge on any atom is -0.361 e. The van der Waals surface area contributed by atoms with Gasteiger partial charge in [0.2, 0.25) is 5.91 Å². The van der Waals surface area contributed by atoms with Gasteiger partial charge >= 0.3 is 0 Å². The molecule has 1 fully saturated rings. The molecule has 0 N–H and O–H groups in total. The van der Waals surface area contributed by atoms with E-state index < -0.39 is 0 Å². The van der Waals surface area contributed by atoms with Crippen molar-refractivity contribution in [2.45, 2.75) is 77.9 Å². The highest BCUT2D eigenvalue weighted by atomic mass is 16.5. The molecule has 134 valence electrons. The van der Waals surface area contributed by atoms with Crippen molar-refractivity contribution in [3.8, 4) is 0 Å². The van der Waals surface area contributed by atoms with Gasteiger partial charge in [-0.3, -0.25) is 4.79 Å². The number of carbonyl (C=O) groups excluding carboxylic acids is 1. The van der Waals surface area contributed by atoms with Crippen LogP contribution in [-0.2, 0) is 30.6 Å². The predicted octanol–water partition coefficient (Wildman–Crippen LogP) is 1.99. The zero-order valence-electron chi connectivity index (χ0n) is 15.2. The van der Waals surface area contributed by atoms with E-state index in [1.165, 1.54) is 0 Å². The lowest BCUT2D eigenvalue weighted by Gasteiger charge is -2.28. The van der Waals surface area contributed by atoms with Crippen LogP contribution in [0, 0.1) is 13.8 Å². The van der Waals surface area contributed by atoms with Gasteiger partial charge in [0.1, 0.15) is 17.4 Å². The average Bonchev–Trinajstić information content (AvgIpc) is 3.22. The van der Waals surface area contributed by atoms with E-state index in [1.807, 2.05) is 13.8 Å². The standard InChI is InChI=1S/C18H25N5O2/c1-4-16-19-20-17-9-13-5-6-14(10-22(16)17)23(13)18(24)8-7-15-11(2)21-25-12(15)3/h13-14H,4-10H2,1-3H3/t13-,14+/m0/s1. The van der Waals surface area contributed by atoms with E-state index in [1.54, 1.807) is 0 Å². The van der Waals surface area contributed by atoms with Crippen molar-refractivity contribution >= 4 is 5.91 Å². The van der Waals surface area contributed by atoms with E-state index >= 15 is 0 Å². The van der Waals surface area contributed by atoms with Gasteiger partial charge in [-0.2, -0.15) is 0 Å². The first kappa shape index (κ1) is 16.3. The van der Waals surface area contributed by atoms with Crippen LogP contribution in [0.1, 0.15) is 54.9 Å². The zero-order chi connectivity index (χ0) is 17.6. The fourth-order valence-corrected chi connectivity index (χ4v) is 4.39. The Morgan fingerprint density at radius 2 is 2.04 bits per heavy atom. The SMILES string of the molecule is CCc1nnc2n1C[C@H]1CC[C@@H](C2)N1C(=O)CCc1c(C)noc1C. The summed E-state index contributed by atoms with van der Waals surface area (Å²) in [6.45, 7) is 6.78. The fourth-order valence-electron chi connectivity index (χ4n) is 4.39. The van der Waals surface area contributed by atoms with Crippen LogP contribution >= 0.6 is 0 Å². The van der Waals surface area contributed by atoms with Gasteiger partial charge in [0.15, 0.2) is 0 Å². The van der Waals surface area contributed by atoms with E-state index in [9.17, 15) is 4.79 Å². The van der Waals surface area contributed by atoms with Crippen LogP contribution < -0.4 is 0 Å². The molecule has 0 saturated carbocycles. The first-order valence-electron chi connectivity index (χ1n) is 9.22. The van der Waals surface area contributed by atoms with Gasteiger partial charge in [0.25, 0.3) is 0 Å². The molecule has 0 unspecified atom stereocenters. The smallest absolute Gasteiger partial charge is 0.223 e. The van der Waals surface area contributed by atoms with Crippen LogP contribution in [0.5, 0.6) is 0 Å². The van der Waals surface area contributed by atoms with Crippen molar-refractivity contribution in [1.82, 2.24) is 24.8 Å². The molecule has 2 aliphatic rings. The van der Waals surface area contributed by atoms with E-state index in [-0.39, 0.29) is 18.0 Å². The lowest BCUT2D eigenvalue weighted by molar-refractivity contribution is -0.134. The summed E-state index contributed by atoms with van der Waals surface area (Å²) in [5.41, 5.74) is 1.96. The quantitative estimate of drug-likeness (QED) is 0.848. The normalized spacial score (nSPS) is 22.1. The molecule has 25 heavy (non-hydrogen) atoms. The highest BCUT2D eigenvalue weighted by Crippen LogP contribution is 2.32. The van der Waals surface area contributed by atoms with Crippen molar-refractivity contribution in [2.24, 2.45) is 0 Å². The van der Waals surface area contributed by atoms with Crippen LogP contribution in [0.3, 0.4) is 0 Å². The molecular formula is C18H25N5O2. The van der Waals surface area contributed by atoms with Crippen LogP contribution in [-0.4, -0.2) is 42.8 Å². The maximum atomic E-state index is 13.0. The lowest BCUT2D eigenvalue weighted by atomic mass is 10.1. The number of nitrogens with zero attached hydrogens (tertiary/aromatic N) is 5. The van der Waals surface area contributed by atoms with Gasteiger partial charge in [-0.05, 0) is 33.1 Å². The molecular weight excluding hydrogens is 318 g/mol. The summed E-state index contributed by atoms with van der Waals surface area (Å²) in [6, 6.07) is 0.530. The molecule has 2 aliphatic heterocycles. The van der Waals surface area contributed by atoms with Gasteiger partial charge in [-0.25, -0.2) is 0 Å². The second kappa shape index (κ2) is 6.28. The van der Waals surface area contributed by atoms with E-state index in [0.717, 1.165) is 60.9 Å². The minimum atomic E-state index is 0.240. The van der Waals surface area contributed by atoms with Gasteiger partial charge in [0.05, 0.1) is 11.7 Å². The number of carbonyl (C=O) groups is 1. The van der Waals surface area contributed by atoms with Gasteiger partial charge in [-0.1, -0.05) is 12.1 Å². The largest absolute Gasteiger partial charge is 0.361 e. The summed E-state index contributed by atoms with van der Waals surface area (Å²) in [6.07, 6.45) is 5.04. The van der Waals surface area contributed by atoms with E-state index in [2.05, 4.69) is 31.7 Å². The third-order valence-electron chi connectivity index (χ3n) is 5.71. The molecule has 2 aromatic rings. The topological polar surface area (TPSA) is 77.1 Å². The highest BCUT2D eigenvalue weighted by Gasteiger charge is 2.40. The number of rotatable bonds is 4. The zero-order valence-corrected chi connectivity index (χ0v) is 15.2. The second-order valence-electron chi connectivity index (χ2n) is 7.19. The maximum absolute atomic E-state index is 13.0. The predicted molar refractivity (Wildman–Crippen MR) is 91.1 cm³/mol. The minimum absolute atomic E-state index is 0.240. The van der Waals surface area contributed by atoms with Crippen LogP contribution in [0.4, 0.5) is 0 Å². The number of amides is 1. The Balaban J connectivity index is 1.50. The molecule has 0 aromatic carbocycles. The van der Waals surface area contributed by atoms with Crippen molar-refractivity contribution < 1.29 is 9.32 Å². The number of aromatic nitrogens is 4. The molecule has 4 rings (SSSR count). The van der Waals surface area contributed by atoms with Crippen LogP contribution in [0.2, 0.25) is 0 Å². The average molecular weight is 343 g/mol. The second-order valence-corrected chi connectivity index (χ2v) is 7.19. The molecule has 1 amide bonds. The summed E-state index contributed by atoms with van der Waals surface area (Å²) < 4.78 is 7.45. The Bertz CT molecular complexity index is 774. The monoisotopic (exact) mass is 343 g/mol. The maximum Gasteiger partial charge on any atom is 0.223 e. The van der Waals surface area contributed by atoms with Gasteiger partial charge in [-0.15, -0.1) is 10.2 Å². The van der Waals surface area contributed by atoms with E-state index in [0.29, 0.717) is 12.8 Å². The van der Waals surface area contributed by atoms with Crippen molar-refractivity contribution in [3.63, 3.8) is 0 Å². The molecule has 1 saturated heterocycles. The number of aryl methyl sites for hydroxylation is 3. The molecule has 7 heteroatoms. The number of fused-ring (bicyclic) bond motifs is 3. The Labute approximate surface area is 147 Å². The molecule has 0 radical (unpaired) electrons. The van der Waals surface area contributed by atoms with Crippen molar-refractivity contribution in [3.05, 3.63) is 28.7 Å². The Morgan fingerprint density at radius 1 is 1.24 bits per heavy atom. The summed E-state index contributed by atoms with van der Waals surface area (Å²) in [7, 11) is 0. The molecule has 0 spiro atoms. The highest BCUT2D eigenvalue weighted by molar-refractivity contribution is 5.77. The van der Waals surface area contributed by atoms with Gasteiger partial charge < -0.3 is 14.0 Å². The molecule has 0 aliphatic carbocycles. The molecule has 4 heterocycles. The molecule has 2 bridgehead atoms. The van der Waals surface area contributed by atoms with Crippen LogP contribution in [0.25, 0.3) is 0 Å². The summed E-state index contributed by atoms with van der Waals surface area (Å²) in [5.74, 6) is 3.13. The Hall–Kier alpha value is -2.18. The first-order chi connectivity index (χ1) is 12.1. The molecule has 7 nitrogen and oxygen atoms in total. The summed E-state index contributed by atoms with van der Waals surface area (Å²) in [4.78, 5) is 15.1. The summed E-state index contributed by atoms with van der Waals surface area (Å²) in [5, 5.41) is 12.7. The number of hydrogen-bond donors (Lipinski definition) is 0. The molecule has 2 aromatic heterocycles. The number of hydrogen-bond acceptors (Lipinski definition) is 5. The summed E-state index contributed by atoms with van der Waals surface area (Å²) >= 11 is 0. The van der Waals surface area contributed by atoms with Crippen molar-refractivity contribution in [2.75, 3.05) is 0 Å². The first-order valence-corrected chi connectivity index (χ1v) is 9.22. The Morgan fingerprint density at radius 3 is 2.76 bits per heavy atom.